The minimum absolute atomic E-state index is 0. The van der Waals surface area contributed by atoms with Crippen LogP contribution in [0.15, 0.2) is 29.3 Å². The van der Waals surface area contributed by atoms with Crippen LogP contribution in [0.3, 0.4) is 0 Å². The van der Waals surface area contributed by atoms with Crippen molar-refractivity contribution < 1.29 is 9.53 Å². The molecular formula is C21H35IN4O2. The Bertz CT molecular complexity index is 641. The molecule has 1 aliphatic heterocycles. The van der Waals surface area contributed by atoms with Gasteiger partial charge in [0.05, 0.1) is 12.6 Å². The molecule has 0 saturated carbocycles. The van der Waals surface area contributed by atoms with Crippen LogP contribution in [-0.4, -0.2) is 44.1 Å². The van der Waals surface area contributed by atoms with Crippen molar-refractivity contribution in [3.05, 3.63) is 35.4 Å². The van der Waals surface area contributed by atoms with E-state index in [4.69, 9.17) is 4.74 Å². The normalized spacial score (nSPS) is 20.1. The quantitative estimate of drug-likeness (QED) is 0.329. The topological polar surface area (TPSA) is 74.8 Å². The molecule has 1 aromatic rings. The second kappa shape index (κ2) is 11.6. The minimum atomic E-state index is -0.240. The molecule has 1 heterocycles. The van der Waals surface area contributed by atoms with Gasteiger partial charge < -0.3 is 20.7 Å². The number of carbonyl (C=O) groups excluding carboxylic acids is 1. The average molecular weight is 502 g/mol. The van der Waals surface area contributed by atoms with E-state index in [1.54, 1.807) is 7.05 Å². The number of aliphatic imine (C=N–C) groups is 1. The predicted molar refractivity (Wildman–Crippen MR) is 125 cm³/mol. The van der Waals surface area contributed by atoms with Crippen molar-refractivity contribution in [3.8, 4) is 0 Å². The lowest BCUT2D eigenvalue weighted by molar-refractivity contribution is -0.121. The lowest BCUT2D eigenvalue weighted by Crippen LogP contribution is -2.49. The van der Waals surface area contributed by atoms with E-state index in [-0.39, 0.29) is 48.1 Å². The Kier molecular flexibility index (Phi) is 10.2. The van der Waals surface area contributed by atoms with Gasteiger partial charge in [0.2, 0.25) is 5.91 Å². The first-order valence-electron chi connectivity index (χ1n) is 9.72. The number of hydrogen-bond acceptors (Lipinski definition) is 3. The van der Waals surface area contributed by atoms with Crippen molar-refractivity contribution in [2.24, 2.45) is 10.9 Å². The lowest BCUT2D eigenvalue weighted by Gasteiger charge is -2.32. The molecule has 2 rings (SSSR count). The van der Waals surface area contributed by atoms with Gasteiger partial charge >= 0.3 is 0 Å². The lowest BCUT2D eigenvalue weighted by atomic mass is 9.89. The third-order valence-corrected chi connectivity index (χ3v) is 4.54. The maximum Gasteiger partial charge on any atom is 0.239 e. The summed E-state index contributed by atoms with van der Waals surface area (Å²) in [5, 5.41) is 9.36. The number of guanidine groups is 1. The molecule has 6 nitrogen and oxygen atoms in total. The second-order valence-corrected chi connectivity index (χ2v) is 8.21. The molecule has 2 unspecified atom stereocenters. The van der Waals surface area contributed by atoms with E-state index in [1.807, 2.05) is 20.8 Å². The van der Waals surface area contributed by atoms with E-state index in [1.165, 1.54) is 11.1 Å². The van der Waals surface area contributed by atoms with Crippen LogP contribution in [0.5, 0.6) is 0 Å². The Morgan fingerprint density at radius 2 is 1.89 bits per heavy atom. The van der Waals surface area contributed by atoms with Gasteiger partial charge in [0.15, 0.2) is 5.96 Å². The second-order valence-electron chi connectivity index (χ2n) is 8.21. The predicted octanol–water partition coefficient (Wildman–Crippen LogP) is 3.16. The molecule has 1 fully saturated rings. The van der Waals surface area contributed by atoms with Crippen LogP contribution in [0.1, 0.15) is 50.8 Å². The zero-order chi connectivity index (χ0) is 19.9. The highest BCUT2D eigenvalue weighted by atomic mass is 127. The molecule has 0 spiro atoms. The minimum Gasteiger partial charge on any atom is -0.373 e. The maximum atomic E-state index is 12.0. The molecule has 0 bridgehead atoms. The Morgan fingerprint density at radius 1 is 1.21 bits per heavy atom. The van der Waals surface area contributed by atoms with Crippen LogP contribution in [0, 0.1) is 12.8 Å². The van der Waals surface area contributed by atoms with Crippen LogP contribution >= 0.6 is 24.0 Å². The fraction of sp³-hybridized carbons (Fsp3) is 0.619. The van der Waals surface area contributed by atoms with Crippen molar-refractivity contribution in [1.82, 2.24) is 16.0 Å². The molecule has 1 aromatic carbocycles. The number of amides is 1. The number of nitrogens with zero attached hydrogens (tertiary/aromatic N) is 1. The Balaban J connectivity index is 0.00000392. The van der Waals surface area contributed by atoms with Crippen LogP contribution < -0.4 is 16.0 Å². The molecule has 0 aromatic heterocycles. The van der Waals surface area contributed by atoms with E-state index in [0.717, 1.165) is 26.0 Å². The molecule has 158 valence electrons. The van der Waals surface area contributed by atoms with Gasteiger partial charge in [-0.2, -0.15) is 0 Å². The van der Waals surface area contributed by atoms with Crippen molar-refractivity contribution in [2.45, 2.75) is 52.2 Å². The van der Waals surface area contributed by atoms with Gasteiger partial charge in [-0.05, 0) is 46.1 Å². The molecule has 1 amide bonds. The summed E-state index contributed by atoms with van der Waals surface area (Å²) in [5.74, 6) is 0.944. The van der Waals surface area contributed by atoms with E-state index >= 15 is 0 Å². The molecule has 3 N–H and O–H groups in total. The Labute approximate surface area is 186 Å². The molecule has 2 atom stereocenters. The van der Waals surface area contributed by atoms with Crippen molar-refractivity contribution >= 4 is 35.8 Å². The summed E-state index contributed by atoms with van der Waals surface area (Å²) in [6, 6.07) is 8.57. The summed E-state index contributed by atoms with van der Waals surface area (Å²) in [6.07, 6.45) is 2.26. The maximum absolute atomic E-state index is 12.0. The number of aryl methyl sites for hydroxylation is 1. The van der Waals surface area contributed by atoms with E-state index in [9.17, 15) is 4.79 Å². The molecule has 0 aliphatic carbocycles. The molecule has 1 saturated heterocycles. The first-order valence-corrected chi connectivity index (χ1v) is 9.72. The van der Waals surface area contributed by atoms with Crippen molar-refractivity contribution in [1.29, 1.82) is 0 Å². The Hall–Kier alpha value is -1.35. The first kappa shape index (κ1) is 24.7. The van der Waals surface area contributed by atoms with Gasteiger partial charge in [0.25, 0.3) is 0 Å². The number of halogens is 1. The van der Waals surface area contributed by atoms with Gasteiger partial charge in [-0.1, -0.05) is 29.8 Å². The molecule has 0 radical (unpaired) electrons. The van der Waals surface area contributed by atoms with Gasteiger partial charge in [0.1, 0.15) is 0 Å². The zero-order valence-corrected chi connectivity index (χ0v) is 20.0. The van der Waals surface area contributed by atoms with E-state index in [2.05, 4.69) is 52.1 Å². The summed E-state index contributed by atoms with van der Waals surface area (Å²) in [6.45, 7) is 9.73. The molecule has 1 aliphatic rings. The number of ether oxygens (including phenoxy) is 1. The van der Waals surface area contributed by atoms with Crippen molar-refractivity contribution in [3.63, 3.8) is 0 Å². The van der Waals surface area contributed by atoms with Gasteiger partial charge in [-0.15, -0.1) is 24.0 Å². The van der Waals surface area contributed by atoms with E-state index in [0.29, 0.717) is 11.9 Å². The summed E-state index contributed by atoms with van der Waals surface area (Å²) >= 11 is 0. The molecule has 28 heavy (non-hydrogen) atoms. The third kappa shape index (κ3) is 8.34. The SMILES string of the molecule is CN=C(NCC(=O)NC(C)(C)C)NCC1CCCOC1c1ccc(C)cc1.I. The zero-order valence-electron chi connectivity index (χ0n) is 17.7. The van der Waals surface area contributed by atoms with Gasteiger partial charge in [-0.25, -0.2) is 0 Å². The Morgan fingerprint density at radius 3 is 2.50 bits per heavy atom. The monoisotopic (exact) mass is 502 g/mol. The van der Waals surface area contributed by atoms with Crippen LogP contribution in [-0.2, 0) is 9.53 Å². The summed E-state index contributed by atoms with van der Waals surface area (Å²) < 4.78 is 6.07. The van der Waals surface area contributed by atoms with Gasteiger partial charge in [0, 0.05) is 31.7 Å². The fourth-order valence-electron chi connectivity index (χ4n) is 3.25. The summed E-state index contributed by atoms with van der Waals surface area (Å²) in [4.78, 5) is 16.2. The fourth-order valence-corrected chi connectivity index (χ4v) is 3.25. The van der Waals surface area contributed by atoms with Crippen molar-refractivity contribution in [2.75, 3.05) is 26.7 Å². The number of nitrogens with one attached hydrogen (secondary N) is 3. The number of carbonyl (C=O) groups is 1. The average Bonchev–Trinajstić information content (AvgIpc) is 2.61. The smallest absolute Gasteiger partial charge is 0.239 e. The number of rotatable bonds is 5. The highest BCUT2D eigenvalue weighted by molar-refractivity contribution is 14.0. The first-order chi connectivity index (χ1) is 12.8. The van der Waals surface area contributed by atoms with Gasteiger partial charge in [-0.3, -0.25) is 9.79 Å². The van der Waals surface area contributed by atoms with Crippen LogP contribution in [0.2, 0.25) is 0 Å². The van der Waals surface area contributed by atoms with Crippen LogP contribution in [0.25, 0.3) is 0 Å². The summed E-state index contributed by atoms with van der Waals surface area (Å²) in [7, 11) is 1.71. The highest BCUT2D eigenvalue weighted by Gasteiger charge is 2.27. The molecule has 7 heteroatoms. The number of benzene rings is 1. The summed E-state index contributed by atoms with van der Waals surface area (Å²) in [5.41, 5.74) is 2.23. The highest BCUT2D eigenvalue weighted by Crippen LogP contribution is 2.33. The van der Waals surface area contributed by atoms with Crippen LogP contribution in [0.4, 0.5) is 0 Å². The molecular weight excluding hydrogens is 467 g/mol. The number of hydrogen-bond donors (Lipinski definition) is 3. The standard InChI is InChI=1S/C21H34N4O2.HI/c1-15-8-10-16(11-9-15)19-17(7-6-12-27-19)13-23-20(22-5)24-14-18(26)25-21(2,3)4;/h8-11,17,19H,6-7,12-14H2,1-5H3,(H,25,26)(H2,22,23,24);1H. The third-order valence-electron chi connectivity index (χ3n) is 4.54. The largest absolute Gasteiger partial charge is 0.373 e. The van der Waals surface area contributed by atoms with E-state index < -0.39 is 0 Å².